The lowest BCUT2D eigenvalue weighted by Gasteiger charge is -2.22. The number of cyclic esters (lactones) is 1. The number of halogens is 2. The third kappa shape index (κ3) is 2.12. The number of carbonyl (C=O) groups is 1. The third-order valence-corrected chi connectivity index (χ3v) is 5.31. The van der Waals surface area contributed by atoms with Crippen molar-refractivity contribution in [3.05, 3.63) is 19.2 Å². The predicted molar refractivity (Wildman–Crippen MR) is 61.6 cm³/mol. The van der Waals surface area contributed by atoms with Crippen molar-refractivity contribution < 1.29 is 9.53 Å². The van der Waals surface area contributed by atoms with Gasteiger partial charge in [-0.05, 0) is 37.9 Å². The van der Waals surface area contributed by atoms with Gasteiger partial charge in [-0.3, -0.25) is 0 Å². The van der Waals surface area contributed by atoms with E-state index in [1.807, 2.05) is 6.07 Å². The van der Waals surface area contributed by atoms with E-state index in [0.29, 0.717) is 6.61 Å². The molecule has 0 bridgehead atoms. The second-order valence-electron chi connectivity index (χ2n) is 2.89. The van der Waals surface area contributed by atoms with Gasteiger partial charge in [0.05, 0.1) is 16.4 Å². The molecular weight excluding hydrogens is 334 g/mol. The van der Waals surface area contributed by atoms with E-state index in [0.717, 1.165) is 19.6 Å². The Hall–Kier alpha value is -0.0700. The van der Waals surface area contributed by atoms with Crippen molar-refractivity contribution >= 4 is 49.3 Å². The summed E-state index contributed by atoms with van der Waals surface area (Å²) in [6, 6.07) is 2.11. The molecule has 2 rings (SSSR count). The summed E-state index contributed by atoms with van der Waals surface area (Å²) in [5, 5.41) is 2.78. The number of amides is 1. The molecule has 1 fully saturated rings. The van der Waals surface area contributed by atoms with E-state index in [1.54, 1.807) is 11.3 Å². The fourth-order valence-electron chi connectivity index (χ4n) is 1.27. The SMILES string of the molecule is O=C1N[C@@H](c2cc(Br)c(Br)s2)CCO1. The van der Waals surface area contributed by atoms with Crippen LogP contribution in [-0.4, -0.2) is 12.7 Å². The van der Waals surface area contributed by atoms with Gasteiger partial charge in [0.1, 0.15) is 0 Å². The minimum absolute atomic E-state index is 0.0869. The lowest BCUT2D eigenvalue weighted by molar-refractivity contribution is 0.116. The molecule has 0 aromatic carbocycles. The van der Waals surface area contributed by atoms with Gasteiger partial charge in [-0.1, -0.05) is 0 Å². The topological polar surface area (TPSA) is 38.3 Å². The molecule has 1 amide bonds. The van der Waals surface area contributed by atoms with Crippen molar-refractivity contribution in [2.45, 2.75) is 12.5 Å². The van der Waals surface area contributed by atoms with Crippen LogP contribution in [0.25, 0.3) is 0 Å². The molecule has 1 aliphatic heterocycles. The monoisotopic (exact) mass is 339 g/mol. The van der Waals surface area contributed by atoms with Crippen LogP contribution in [0.3, 0.4) is 0 Å². The van der Waals surface area contributed by atoms with E-state index in [4.69, 9.17) is 4.74 Å². The first kappa shape index (κ1) is 10.4. The molecule has 1 aliphatic rings. The fraction of sp³-hybridized carbons (Fsp3) is 0.375. The third-order valence-electron chi connectivity index (χ3n) is 1.94. The summed E-state index contributed by atoms with van der Waals surface area (Å²) in [6.07, 6.45) is 0.493. The van der Waals surface area contributed by atoms with E-state index in [2.05, 4.69) is 37.2 Å². The van der Waals surface area contributed by atoms with Gasteiger partial charge in [0, 0.05) is 15.8 Å². The molecular formula is C8H7Br2NO2S. The molecule has 14 heavy (non-hydrogen) atoms. The predicted octanol–water partition coefficient (Wildman–Crippen LogP) is 3.44. The van der Waals surface area contributed by atoms with E-state index in [1.165, 1.54) is 0 Å². The molecule has 0 spiro atoms. The van der Waals surface area contributed by atoms with Crippen LogP contribution in [0.15, 0.2) is 14.3 Å². The van der Waals surface area contributed by atoms with Gasteiger partial charge in [0.2, 0.25) is 0 Å². The summed E-state index contributed by atoms with van der Waals surface area (Å²) in [5.41, 5.74) is 0. The Morgan fingerprint density at radius 1 is 1.57 bits per heavy atom. The molecule has 1 aromatic heterocycles. The summed E-state index contributed by atoms with van der Waals surface area (Å²) in [4.78, 5) is 12.1. The second kappa shape index (κ2) is 4.20. The maximum atomic E-state index is 11.0. The number of hydrogen-bond donors (Lipinski definition) is 1. The van der Waals surface area contributed by atoms with Crippen molar-refractivity contribution in [3.8, 4) is 0 Å². The summed E-state index contributed by atoms with van der Waals surface area (Å²) in [7, 11) is 0. The van der Waals surface area contributed by atoms with Crippen LogP contribution in [0.2, 0.25) is 0 Å². The second-order valence-corrected chi connectivity index (χ2v) is 6.15. The van der Waals surface area contributed by atoms with Crippen molar-refractivity contribution in [2.24, 2.45) is 0 Å². The molecule has 1 atom stereocenters. The molecule has 1 aromatic rings. The maximum absolute atomic E-state index is 11.0. The maximum Gasteiger partial charge on any atom is 0.407 e. The first-order valence-electron chi connectivity index (χ1n) is 4.05. The standard InChI is InChI=1S/C8H7Br2NO2S/c9-4-3-6(14-7(4)10)5-1-2-13-8(12)11-5/h3,5H,1-2H2,(H,11,12)/t5-/m1/s1. The molecule has 76 valence electrons. The quantitative estimate of drug-likeness (QED) is 0.850. The van der Waals surface area contributed by atoms with Gasteiger partial charge in [-0.15, -0.1) is 11.3 Å². The molecule has 0 aliphatic carbocycles. The van der Waals surface area contributed by atoms with Gasteiger partial charge in [0.25, 0.3) is 0 Å². The van der Waals surface area contributed by atoms with E-state index < -0.39 is 0 Å². The molecule has 0 saturated carbocycles. The van der Waals surface area contributed by atoms with Crippen molar-refractivity contribution in [2.75, 3.05) is 6.61 Å². The van der Waals surface area contributed by atoms with Crippen LogP contribution in [-0.2, 0) is 4.74 Å². The Bertz CT molecular complexity index is 347. The Balaban J connectivity index is 2.17. The van der Waals surface area contributed by atoms with Crippen LogP contribution < -0.4 is 5.32 Å². The zero-order valence-electron chi connectivity index (χ0n) is 7.05. The highest BCUT2D eigenvalue weighted by molar-refractivity contribution is 9.13. The first-order valence-corrected chi connectivity index (χ1v) is 6.45. The lowest BCUT2D eigenvalue weighted by atomic mass is 10.1. The van der Waals surface area contributed by atoms with Gasteiger partial charge < -0.3 is 10.1 Å². The number of carbonyl (C=O) groups excluding carboxylic acids is 1. The highest BCUT2D eigenvalue weighted by Gasteiger charge is 2.22. The number of ether oxygens (including phenoxy) is 1. The highest BCUT2D eigenvalue weighted by Crippen LogP contribution is 2.36. The molecule has 6 heteroatoms. The van der Waals surface area contributed by atoms with Crippen LogP contribution in [0.1, 0.15) is 17.3 Å². The smallest absolute Gasteiger partial charge is 0.407 e. The normalized spacial score (nSPS) is 21.6. The molecule has 0 unspecified atom stereocenters. The van der Waals surface area contributed by atoms with E-state index >= 15 is 0 Å². The van der Waals surface area contributed by atoms with Crippen LogP contribution in [0.4, 0.5) is 4.79 Å². The van der Waals surface area contributed by atoms with Crippen LogP contribution in [0.5, 0.6) is 0 Å². The summed E-state index contributed by atoms with van der Waals surface area (Å²) >= 11 is 8.47. The largest absolute Gasteiger partial charge is 0.449 e. The Morgan fingerprint density at radius 3 is 2.93 bits per heavy atom. The summed E-state index contributed by atoms with van der Waals surface area (Å²) < 4.78 is 6.87. The summed E-state index contributed by atoms with van der Waals surface area (Å²) in [5.74, 6) is 0. The van der Waals surface area contributed by atoms with Gasteiger partial charge in [-0.25, -0.2) is 4.79 Å². The number of hydrogen-bond acceptors (Lipinski definition) is 3. The highest BCUT2D eigenvalue weighted by atomic mass is 79.9. The van der Waals surface area contributed by atoms with Crippen molar-refractivity contribution in [1.82, 2.24) is 5.32 Å². The van der Waals surface area contributed by atoms with Crippen LogP contribution in [0, 0.1) is 0 Å². The molecule has 1 saturated heterocycles. The van der Waals surface area contributed by atoms with Crippen molar-refractivity contribution in [1.29, 1.82) is 0 Å². The number of thiophene rings is 1. The van der Waals surface area contributed by atoms with E-state index in [9.17, 15) is 4.79 Å². The molecule has 2 heterocycles. The number of nitrogens with one attached hydrogen (secondary N) is 1. The Labute approximate surface area is 102 Å². The molecule has 1 N–H and O–H groups in total. The summed E-state index contributed by atoms with van der Waals surface area (Å²) in [6.45, 7) is 0.490. The fourth-order valence-corrected chi connectivity index (χ4v) is 3.45. The van der Waals surface area contributed by atoms with E-state index in [-0.39, 0.29) is 12.1 Å². The first-order chi connectivity index (χ1) is 6.66. The zero-order chi connectivity index (χ0) is 10.1. The molecule has 0 radical (unpaired) electrons. The lowest BCUT2D eigenvalue weighted by Crippen LogP contribution is -2.34. The number of alkyl carbamates (subject to hydrolysis) is 1. The number of rotatable bonds is 1. The minimum atomic E-state index is -0.332. The van der Waals surface area contributed by atoms with Crippen LogP contribution >= 0.6 is 43.2 Å². The van der Waals surface area contributed by atoms with Crippen molar-refractivity contribution in [3.63, 3.8) is 0 Å². The Kier molecular flexibility index (Phi) is 3.14. The average molecular weight is 341 g/mol. The van der Waals surface area contributed by atoms with Gasteiger partial charge >= 0.3 is 6.09 Å². The van der Waals surface area contributed by atoms with Gasteiger partial charge in [0.15, 0.2) is 0 Å². The zero-order valence-corrected chi connectivity index (χ0v) is 11.0. The average Bonchev–Trinajstić information content (AvgIpc) is 2.47. The van der Waals surface area contributed by atoms with Gasteiger partial charge in [-0.2, -0.15) is 0 Å². The molecule has 3 nitrogen and oxygen atoms in total. The minimum Gasteiger partial charge on any atom is -0.449 e. The Morgan fingerprint density at radius 2 is 2.36 bits per heavy atom.